The lowest BCUT2D eigenvalue weighted by Gasteiger charge is -2.22. The maximum Gasteiger partial charge on any atom is 0.242 e. The molecular weight excluding hydrogens is 260 g/mol. The Hall–Kier alpha value is -1.80. The highest BCUT2D eigenvalue weighted by molar-refractivity contribution is 6.70. The van der Waals surface area contributed by atoms with Crippen LogP contribution in [0.2, 0.25) is 19.6 Å². The van der Waals surface area contributed by atoms with E-state index in [0.717, 1.165) is 12.2 Å². The molecule has 102 valence electrons. The molecule has 1 nitrogen and oxygen atoms in total. The molecule has 1 aliphatic carbocycles. The van der Waals surface area contributed by atoms with E-state index in [9.17, 15) is 0 Å². The van der Waals surface area contributed by atoms with Gasteiger partial charge in [0.1, 0.15) is 5.76 Å². The first kappa shape index (κ1) is 13.2. The van der Waals surface area contributed by atoms with Gasteiger partial charge in [-0.25, -0.2) is 0 Å². The average Bonchev–Trinajstić information content (AvgIpc) is 2.77. The van der Waals surface area contributed by atoms with Crippen LogP contribution in [-0.4, -0.2) is 8.32 Å². The van der Waals surface area contributed by atoms with Crippen molar-refractivity contribution in [2.24, 2.45) is 0 Å². The van der Waals surface area contributed by atoms with Crippen LogP contribution in [0.4, 0.5) is 0 Å². The number of benzene rings is 2. The molecule has 0 heterocycles. The van der Waals surface area contributed by atoms with E-state index in [1.54, 1.807) is 0 Å². The lowest BCUT2D eigenvalue weighted by molar-refractivity contribution is 0.517. The molecule has 0 aliphatic heterocycles. The summed E-state index contributed by atoms with van der Waals surface area (Å²) < 4.78 is 6.41. The second kappa shape index (κ2) is 4.95. The minimum absolute atomic E-state index is 0.972. The highest BCUT2D eigenvalue weighted by atomic mass is 28.4. The third-order valence-corrected chi connectivity index (χ3v) is 4.25. The fraction of sp³-hybridized carbons (Fsp3) is 0.222. The van der Waals surface area contributed by atoms with Crippen molar-refractivity contribution in [1.82, 2.24) is 0 Å². The average molecular weight is 280 g/mol. The summed E-state index contributed by atoms with van der Waals surface area (Å²) in [5, 5.41) is 0. The van der Waals surface area contributed by atoms with Crippen LogP contribution in [0.25, 0.3) is 11.3 Å². The number of hydrogen-bond donors (Lipinski definition) is 0. The van der Waals surface area contributed by atoms with Gasteiger partial charge in [0.2, 0.25) is 8.32 Å². The van der Waals surface area contributed by atoms with Crippen molar-refractivity contribution in [3.63, 3.8) is 0 Å². The Balaban J connectivity index is 2.11. The maximum absolute atomic E-state index is 6.41. The van der Waals surface area contributed by atoms with Crippen LogP contribution in [0.5, 0.6) is 0 Å². The van der Waals surface area contributed by atoms with Crippen LogP contribution in [0, 0.1) is 0 Å². The summed E-state index contributed by atoms with van der Waals surface area (Å²) in [6.07, 6.45) is 0.972. The molecule has 0 fully saturated rings. The summed E-state index contributed by atoms with van der Waals surface area (Å²) in [6.45, 7) is 6.72. The fourth-order valence-corrected chi connectivity index (χ4v) is 3.47. The number of allylic oxidation sites excluding steroid dienone is 1. The minimum Gasteiger partial charge on any atom is -0.544 e. The lowest BCUT2D eigenvalue weighted by Crippen LogP contribution is -2.24. The molecule has 0 bridgehead atoms. The van der Waals surface area contributed by atoms with Crippen LogP contribution in [0.15, 0.2) is 54.6 Å². The smallest absolute Gasteiger partial charge is 0.242 e. The molecule has 1 aliphatic rings. The standard InChI is InChI=1S/C18H20OSi/c1-20(2,3)19-18-16-12-8-7-11-15(16)13-17(18)14-9-5-4-6-10-14/h4-12H,13H2,1-3H3. The quantitative estimate of drug-likeness (QED) is 0.722. The van der Waals surface area contributed by atoms with Crippen molar-refractivity contribution in [3.8, 4) is 0 Å². The van der Waals surface area contributed by atoms with E-state index >= 15 is 0 Å². The van der Waals surface area contributed by atoms with Crippen molar-refractivity contribution in [2.75, 3.05) is 0 Å². The van der Waals surface area contributed by atoms with Crippen LogP contribution < -0.4 is 0 Å². The molecule has 0 N–H and O–H groups in total. The SMILES string of the molecule is C[Si](C)(C)OC1=C(c2ccccc2)Cc2ccccc21. The molecule has 2 aromatic carbocycles. The van der Waals surface area contributed by atoms with Gasteiger partial charge in [0.05, 0.1) is 0 Å². The van der Waals surface area contributed by atoms with Crippen molar-refractivity contribution in [1.29, 1.82) is 0 Å². The summed E-state index contributed by atoms with van der Waals surface area (Å²) in [4.78, 5) is 0. The largest absolute Gasteiger partial charge is 0.544 e. The third-order valence-electron chi connectivity index (χ3n) is 3.43. The number of fused-ring (bicyclic) bond motifs is 1. The molecule has 2 heteroatoms. The zero-order valence-corrected chi connectivity index (χ0v) is 13.3. The van der Waals surface area contributed by atoms with Crippen molar-refractivity contribution < 1.29 is 4.43 Å². The van der Waals surface area contributed by atoms with Gasteiger partial charge in [-0.05, 0) is 30.8 Å². The summed E-state index contributed by atoms with van der Waals surface area (Å²) in [5.74, 6) is 1.10. The van der Waals surface area contributed by atoms with Gasteiger partial charge in [-0.3, -0.25) is 0 Å². The van der Waals surface area contributed by atoms with E-state index in [4.69, 9.17) is 4.43 Å². The Morgan fingerprint density at radius 2 is 1.50 bits per heavy atom. The molecule has 0 saturated carbocycles. The molecule has 0 amide bonds. The van der Waals surface area contributed by atoms with Gasteiger partial charge in [0, 0.05) is 17.6 Å². The van der Waals surface area contributed by atoms with Gasteiger partial charge >= 0.3 is 0 Å². The molecule has 2 aromatic rings. The van der Waals surface area contributed by atoms with E-state index in [0.29, 0.717) is 0 Å². The summed E-state index contributed by atoms with van der Waals surface area (Å²) in [5.41, 5.74) is 5.25. The van der Waals surface area contributed by atoms with Crippen molar-refractivity contribution in [2.45, 2.75) is 26.1 Å². The van der Waals surface area contributed by atoms with E-state index in [1.807, 2.05) is 0 Å². The van der Waals surface area contributed by atoms with E-state index in [2.05, 4.69) is 74.2 Å². The summed E-state index contributed by atoms with van der Waals surface area (Å²) in [6, 6.07) is 19.2. The summed E-state index contributed by atoms with van der Waals surface area (Å²) >= 11 is 0. The topological polar surface area (TPSA) is 9.23 Å². The van der Waals surface area contributed by atoms with Gasteiger partial charge in [-0.2, -0.15) is 0 Å². The normalized spacial score (nSPS) is 14.3. The van der Waals surface area contributed by atoms with Crippen LogP contribution >= 0.6 is 0 Å². The van der Waals surface area contributed by atoms with Gasteiger partial charge in [-0.1, -0.05) is 54.6 Å². The van der Waals surface area contributed by atoms with Crippen LogP contribution in [-0.2, 0) is 10.8 Å². The molecule has 0 saturated heterocycles. The number of rotatable bonds is 3. The first-order valence-electron chi connectivity index (χ1n) is 7.10. The molecule has 0 radical (unpaired) electrons. The Morgan fingerprint density at radius 1 is 0.850 bits per heavy atom. The second-order valence-electron chi connectivity index (χ2n) is 6.22. The zero-order valence-electron chi connectivity index (χ0n) is 12.3. The predicted octanol–water partition coefficient (Wildman–Crippen LogP) is 4.96. The zero-order chi connectivity index (χ0) is 14.2. The maximum atomic E-state index is 6.41. The molecule has 0 unspecified atom stereocenters. The molecule has 0 aromatic heterocycles. The van der Waals surface area contributed by atoms with Crippen LogP contribution in [0.3, 0.4) is 0 Å². The molecular formula is C18H20OSi. The predicted molar refractivity (Wildman–Crippen MR) is 87.8 cm³/mol. The van der Waals surface area contributed by atoms with Gasteiger partial charge in [0.15, 0.2) is 0 Å². The van der Waals surface area contributed by atoms with Crippen molar-refractivity contribution in [3.05, 3.63) is 71.3 Å². The summed E-state index contributed by atoms with van der Waals surface area (Å²) in [7, 11) is -1.62. The first-order chi connectivity index (χ1) is 9.54. The van der Waals surface area contributed by atoms with E-state index in [1.165, 1.54) is 22.3 Å². The minimum atomic E-state index is -1.62. The lowest BCUT2D eigenvalue weighted by atomic mass is 10.0. The Kier molecular flexibility index (Phi) is 3.26. The Bertz CT molecular complexity index is 651. The fourth-order valence-electron chi connectivity index (χ4n) is 2.62. The van der Waals surface area contributed by atoms with Gasteiger partial charge in [-0.15, -0.1) is 0 Å². The monoisotopic (exact) mass is 280 g/mol. The molecule has 3 rings (SSSR count). The van der Waals surface area contributed by atoms with E-state index in [-0.39, 0.29) is 0 Å². The van der Waals surface area contributed by atoms with Crippen LogP contribution in [0.1, 0.15) is 16.7 Å². The Labute approximate surface area is 122 Å². The Morgan fingerprint density at radius 3 is 2.20 bits per heavy atom. The first-order valence-corrected chi connectivity index (χ1v) is 10.5. The highest BCUT2D eigenvalue weighted by Crippen LogP contribution is 2.40. The van der Waals surface area contributed by atoms with Gasteiger partial charge < -0.3 is 4.43 Å². The number of hydrogen-bond acceptors (Lipinski definition) is 1. The third kappa shape index (κ3) is 2.56. The highest BCUT2D eigenvalue weighted by Gasteiger charge is 2.27. The molecule has 0 atom stereocenters. The molecule has 0 spiro atoms. The molecule has 20 heavy (non-hydrogen) atoms. The van der Waals surface area contributed by atoms with E-state index < -0.39 is 8.32 Å². The van der Waals surface area contributed by atoms with Gasteiger partial charge in [0.25, 0.3) is 0 Å². The van der Waals surface area contributed by atoms with Crippen molar-refractivity contribution >= 4 is 19.6 Å². The second-order valence-corrected chi connectivity index (χ2v) is 10.7.